The third kappa shape index (κ3) is 4.55. The average Bonchev–Trinajstić information content (AvgIpc) is 2.45. The third-order valence-electron chi connectivity index (χ3n) is 3.89. The van der Waals surface area contributed by atoms with Crippen LogP contribution in [0.4, 0.5) is 4.39 Å². The Morgan fingerprint density at radius 2 is 2.00 bits per heavy atom. The lowest BCUT2D eigenvalue weighted by Crippen LogP contribution is -2.39. The van der Waals surface area contributed by atoms with Crippen LogP contribution in [0.5, 0.6) is 0 Å². The molecule has 1 aliphatic heterocycles. The second-order valence-electron chi connectivity index (χ2n) is 5.31. The van der Waals surface area contributed by atoms with E-state index in [9.17, 15) is 12.8 Å². The zero-order chi connectivity index (χ0) is 15.5. The fourth-order valence-electron chi connectivity index (χ4n) is 2.61. The highest BCUT2D eigenvalue weighted by Crippen LogP contribution is 2.27. The van der Waals surface area contributed by atoms with E-state index in [2.05, 4.69) is 5.32 Å². The van der Waals surface area contributed by atoms with Gasteiger partial charge in [-0.3, -0.25) is 0 Å². The van der Waals surface area contributed by atoms with Crippen LogP contribution < -0.4 is 5.32 Å². The Morgan fingerprint density at radius 1 is 1.36 bits per heavy atom. The normalized spacial score (nSPS) is 17.2. The van der Waals surface area contributed by atoms with Gasteiger partial charge in [0.15, 0.2) is 0 Å². The fraction of sp³-hybridized carbons (Fsp3) is 0.571. The summed E-state index contributed by atoms with van der Waals surface area (Å²) >= 11 is 5.67. The first-order valence-corrected chi connectivity index (χ1v) is 8.86. The van der Waals surface area contributed by atoms with Crippen LogP contribution in [0.1, 0.15) is 19.3 Å². The van der Waals surface area contributed by atoms with Gasteiger partial charge in [-0.25, -0.2) is 12.8 Å². The van der Waals surface area contributed by atoms with Crippen molar-refractivity contribution in [3.8, 4) is 0 Å². The summed E-state index contributed by atoms with van der Waals surface area (Å²) in [6.07, 6.45) is 2.67. The predicted molar refractivity (Wildman–Crippen MR) is 88.7 cm³/mol. The predicted octanol–water partition coefficient (Wildman–Crippen LogP) is 2.91. The molecule has 0 aromatic heterocycles. The molecule has 1 aromatic carbocycles. The molecule has 8 heteroatoms. The molecule has 1 aliphatic rings. The molecule has 2 rings (SSSR count). The van der Waals surface area contributed by atoms with E-state index < -0.39 is 15.8 Å². The van der Waals surface area contributed by atoms with Crippen LogP contribution in [0.2, 0.25) is 5.02 Å². The summed E-state index contributed by atoms with van der Waals surface area (Å²) in [7, 11) is -1.86. The van der Waals surface area contributed by atoms with Crippen LogP contribution in [-0.4, -0.2) is 39.4 Å². The van der Waals surface area contributed by atoms with Crippen molar-refractivity contribution in [2.24, 2.45) is 5.92 Å². The molecule has 0 atom stereocenters. The van der Waals surface area contributed by atoms with Gasteiger partial charge in [-0.1, -0.05) is 11.6 Å². The van der Waals surface area contributed by atoms with Crippen LogP contribution in [-0.2, 0) is 10.0 Å². The van der Waals surface area contributed by atoms with Gasteiger partial charge >= 0.3 is 0 Å². The van der Waals surface area contributed by atoms with Crippen LogP contribution in [0, 0.1) is 11.7 Å². The standard InChI is InChI=1S/C14H20ClFN2O2S.ClH/c1-17-7-4-11-5-8-18(9-6-11)21(19,20)14-3-2-12(15)10-13(14)16;/h2-3,10-11,17H,4-9H2,1H3;1H. The molecular formula is C14H21Cl2FN2O2S. The van der Waals surface area contributed by atoms with E-state index in [1.165, 1.54) is 16.4 Å². The first-order valence-electron chi connectivity index (χ1n) is 7.05. The van der Waals surface area contributed by atoms with E-state index in [4.69, 9.17) is 11.6 Å². The maximum Gasteiger partial charge on any atom is 0.245 e. The summed E-state index contributed by atoms with van der Waals surface area (Å²) in [6, 6.07) is 3.67. The number of hydrogen-bond acceptors (Lipinski definition) is 3. The van der Waals surface area contributed by atoms with E-state index in [0.717, 1.165) is 31.9 Å². The Morgan fingerprint density at radius 3 is 2.55 bits per heavy atom. The lowest BCUT2D eigenvalue weighted by Gasteiger charge is -2.31. The lowest BCUT2D eigenvalue weighted by atomic mass is 9.95. The molecular weight excluding hydrogens is 350 g/mol. The van der Waals surface area contributed by atoms with Gasteiger partial charge in [0.1, 0.15) is 10.7 Å². The van der Waals surface area contributed by atoms with Gasteiger partial charge in [0.2, 0.25) is 10.0 Å². The Kier molecular flexibility index (Phi) is 7.55. The van der Waals surface area contributed by atoms with Gasteiger partial charge in [-0.2, -0.15) is 4.31 Å². The van der Waals surface area contributed by atoms with Gasteiger partial charge in [0, 0.05) is 18.1 Å². The number of sulfonamides is 1. The molecule has 0 saturated carbocycles. The summed E-state index contributed by atoms with van der Waals surface area (Å²) < 4.78 is 40.2. The Labute approximate surface area is 142 Å². The van der Waals surface area contributed by atoms with Crippen LogP contribution in [0.15, 0.2) is 23.1 Å². The molecule has 1 fully saturated rings. The monoisotopic (exact) mass is 370 g/mol. The molecule has 1 saturated heterocycles. The highest BCUT2D eigenvalue weighted by atomic mass is 35.5. The zero-order valence-electron chi connectivity index (χ0n) is 12.4. The van der Waals surface area contributed by atoms with Crippen molar-refractivity contribution in [1.82, 2.24) is 9.62 Å². The number of hydrogen-bond donors (Lipinski definition) is 1. The van der Waals surface area contributed by atoms with E-state index in [-0.39, 0.29) is 22.3 Å². The van der Waals surface area contributed by atoms with Gasteiger partial charge in [0.25, 0.3) is 0 Å². The first-order chi connectivity index (χ1) is 9.95. The Balaban J connectivity index is 0.00000242. The molecule has 1 aromatic rings. The van der Waals surface area contributed by atoms with Gasteiger partial charge in [-0.05, 0) is 57.0 Å². The van der Waals surface area contributed by atoms with E-state index in [0.29, 0.717) is 19.0 Å². The molecule has 22 heavy (non-hydrogen) atoms. The average molecular weight is 371 g/mol. The van der Waals surface area contributed by atoms with Crippen molar-refractivity contribution in [2.75, 3.05) is 26.7 Å². The van der Waals surface area contributed by atoms with Crippen LogP contribution in [0.3, 0.4) is 0 Å². The lowest BCUT2D eigenvalue weighted by molar-refractivity contribution is 0.262. The molecule has 4 nitrogen and oxygen atoms in total. The molecule has 0 amide bonds. The second-order valence-corrected chi connectivity index (χ2v) is 7.66. The molecule has 0 unspecified atom stereocenters. The van der Waals surface area contributed by atoms with Gasteiger partial charge < -0.3 is 5.32 Å². The number of nitrogens with zero attached hydrogens (tertiary/aromatic N) is 1. The Bertz CT molecular complexity index is 591. The van der Waals surface area contributed by atoms with Crippen molar-refractivity contribution in [3.63, 3.8) is 0 Å². The SMILES string of the molecule is CNCCC1CCN(S(=O)(=O)c2ccc(Cl)cc2F)CC1.Cl. The fourth-order valence-corrected chi connectivity index (χ4v) is 4.28. The summed E-state index contributed by atoms with van der Waals surface area (Å²) in [5, 5.41) is 3.29. The van der Waals surface area contributed by atoms with E-state index in [1.807, 2.05) is 7.05 Å². The summed E-state index contributed by atoms with van der Waals surface area (Å²) in [6.45, 7) is 1.82. The maximum atomic E-state index is 13.8. The molecule has 0 aliphatic carbocycles. The van der Waals surface area contributed by atoms with Gasteiger partial charge in [-0.15, -0.1) is 12.4 Å². The number of halogens is 3. The number of rotatable bonds is 5. The molecule has 0 radical (unpaired) electrons. The van der Waals surface area contributed by atoms with Crippen molar-refractivity contribution < 1.29 is 12.8 Å². The van der Waals surface area contributed by atoms with E-state index in [1.54, 1.807) is 0 Å². The number of nitrogens with one attached hydrogen (secondary N) is 1. The maximum absolute atomic E-state index is 13.8. The Hall–Kier alpha value is -0.400. The minimum atomic E-state index is -3.77. The van der Waals surface area contributed by atoms with Crippen molar-refractivity contribution in [3.05, 3.63) is 29.0 Å². The molecule has 0 spiro atoms. The topological polar surface area (TPSA) is 49.4 Å². The van der Waals surface area contributed by atoms with E-state index >= 15 is 0 Å². The quantitative estimate of drug-likeness (QED) is 0.866. The smallest absolute Gasteiger partial charge is 0.245 e. The van der Waals surface area contributed by atoms with Crippen molar-refractivity contribution in [2.45, 2.75) is 24.2 Å². The minimum absolute atomic E-state index is 0. The third-order valence-corrected chi connectivity index (χ3v) is 6.05. The number of benzene rings is 1. The highest BCUT2D eigenvalue weighted by Gasteiger charge is 2.31. The molecule has 126 valence electrons. The second kappa shape index (κ2) is 8.45. The van der Waals surface area contributed by atoms with Crippen molar-refractivity contribution in [1.29, 1.82) is 0 Å². The van der Waals surface area contributed by atoms with Crippen LogP contribution in [0.25, 0.3) is 0 Å². The van der Waals surface area contributed by atoms with Crippen LogP contribution >= 0.6 is 24.0 Å². The summed E-state index contributed by atoms with van der Waals surface area (Å²) in [5.74, 6) is -0.265. The first kappa shape index (κ1) is 19.6. The number of piperidine rings is 1. The summed E-state index contributed by atoms with van der Waals surface area (Å²) in [4.78, 5) is -0.291. The molecule has 1 N–H and O–H groups in total. The summed E-state index contributed by atoms with van der Waals surface area (Å²) in [5.41, 5.74) is 0. The molecule has 1 heterocycles. The van der Waals surface area contributed by atoms with Gasteiger partial charge in [0.05, 0.1) is 0 Å². The van der Waals surface area contributed by atoms with Crippen molar-refractivity contribution >= 4 is 34.0 Å². The largest absolute Gasteiger partial charge is 0.320 e. The zero-order valence-corrected chi connectivity index (χ0v) is 14.8. The minimum Gasteiger partial charge on any atom is -0.320 e. The molecule has 0 bridgehead atoms. The highest BCUT2D eigenvalue weighted by molar-refractivity contribution is 7.89.